The molecule has 0 aliphatic carbocycles. The van der Waals surface area contributed by atoms with E-state index in [4.69, 9.17) is 4.79 Å². The molecule has 7 heteroatoms. The summed E-state index contributed by atoms with van der Waals surface area (Å²) in [5.74, 6) is 0. The average Bonchev–Trinajstić information content (AvgIpc) is 1.59. The Labute approximate surface area is 72.1 Å². The van der Waals surface area contributed by atoms with E-state index in [-0.39, 0.29) is 36.0 Å². The molecule has 0 bridgehead atoms. The van der Waals surface area contributed by atoms with Gasteiger partial charge >= 0.3 is 36.5 Å². The maximum absolute atomic E-state index is 11.0. The van der Waals surface area contributed by atoms with Crippen molar-refractivity contribution in [2.45, 2.75) is 0 Å². The molecule has 0 saturated carbocycles. The van der Waals surface area contributed by atoms with E-state index in [1.165, 1.54) is 0 Å². The Morgan fingerprint density at radius 2 is 1.89 bits per heavy atom. The molecule has 0 aromatic rings. The van der Waals surface area contributed by atoms with E-state index in [2.05, 4.69) is 4.74 Å². The molecule has 0 fully saturated rings. The zero-order valence-electron chi connectivity index (χ0n) is 4.81. The predicted octanol–water partition coefficient (Wildman–Crippen LogP) is -2.45. The minimum Gasteiger partial charge on any atom is -0.498 e. The Morgan fingerprint density at radius 1 is 1.44 bits per heavy atom. The van der Waals surface area contributed by atoms with Gasteiger partial charge in [0.2, 0.25) is 0 Å². The molecule has 48 valence electrons. The van der Waals surface area contributed by atoms with Crippen molar-refractivity contribution in [2.75, 3.05) is 6.51 Å². The fourth-order valence-corrected chi connectivity index (χ4v) is 0.148. The molecule has 0 spiro atoms. The van der Waals surface area contributed by atoms with Crippen molar-refractivity contribution in [2.24, 2.45) is 0 Å². The number of ether oxygens (including phenoxy) is 1. The number of hydrogen-bond donors (Lipinski definition) is 0. The molecule has 0 rings (SSSR count). The molecule has 0 aliphatic heterocycles. The summed E-state index contributed by atoms with van der Waals surface area (Å²) < 4.78 is 36.5. The minimum atomic E-state index is -4.96. The Hall–Kier alpha value is 0.325. The average molecular weight is 150 g/mol. The maximum atomic E-state index is 11.0. The summed E-state index contributed by atoms with van der Waals surface area (Å²) in [6.45, 7) is -6.62. The van der Waals surface area contributed by atoms with Crippen LogP contribution in [-0.2, 0) is 9.53 Å². The van der Waals surface area contributed by atoms with Crippen LogP contribution in [0.3, 0.4) is 0 Å². The molecule has 0 aromatic heterocycles. The Bertz CT molecular complexity index is 84.4. The molecule has 9 heavy (non-hydrogen) atoms. The van der Waals surface area contributed by atoms with E-state index in [0.717, 1.165) is 0 Å². The Kier molecular flexibility index (Phi) is 6.87. The quantitative estimate of drug-likeness (QED) is 0.329. The van der Waals surface area contributed by atoms with Crippen LogP contribution in [0.2, 0.25) is 0 Å². The second-order valence-corrected chi connectivity index (χ2v) is 1.14. The summed E-state index contributed by atoms with van der Waals surface area (Å²) in [6.07, 6.45) is 0. The molecular formula is C2H3BF3NaO2. The van der Waals surface area contributed by atoms with Crippen LogP contribution < -0.4 is 29.6 Å². The largest absolute Gasteiger partial charge is 1.00 e. The van der Waals surface area contributed by atoms with E-state index >= 15 is 0 Å². The van der Waals surface area contributed by atoms with Crippen molar-refractivity contribution in [3.8, 4) is 0 Å². The first-order valence-corrected chi connectivity index (χ1v) is 1.82. The van der Waals surface area contributed by atoms with Gasteiger partial charge < -0.3 is 17.7 Å². The summed E-state index contributed by atoms with van der Waals surface area (Å²) in [6, 6.07) is 0. The monoisotopic (exact) mass is 150 g/mol. The smallest absolute Gasteiger partial charge is 0.498 e. The molecule has 0 aromatic carbocycles. The number of carbonyl (C=O) groups excluding carboxylic acids is 1. The standard InChI is InChI=1S/C2H3BF3O2.Na/c4-3(5,6)1-8-2-7;/h2H,1H2;/q-1;+1. The first kappa shape index (κ1) is 12.0. The van der Waals surface area contributed by atoms with Gasteiger partial charge in [-0.15, -0.1) is 0 Å². The van der Waals surface area contributed by atoms with Crippen LogP contribution in [0.25, 0.3) is 0 Å². The summed E-state index contributed by atoms with van der Waals surface area (Å²) >= 11 is 0. The molecule has 0 heterocycles. The van der Waals surface area contributed by atoms with Crippen molar-refractivity contribution >= 4 is 13.4 Å². The van der Waals surface area contributed by atoms with Crippen molar-refractivity contribution in [3.05, 3.63) is 0 Å². The van der Waals surface area contributed by atoms with Gasteiger partial charge in [-0.1, -0.05) is 0 Å². The van der Waals surface area contributed by atoms with Gasteiger partial charge in [0.05, 0.1) is 6.51 Å². The molecule has 0 amide bonds. The first-order valence-electron chi connectivity index (χ1n) is 1.82. The summed E-state index contributed by atoms with van der Waals surface area (Å²) in [5, 5.41) is 0. The molecule has 2 nitrogen and oxygen atoms in total. The van der Waals surface area contributed by atoms with Crippen molar-refractivity contribution < 1.29 is 52.0 Å². The number of halogens is 3. The van der Waals surface area contributed by atoms with Crippen molar-refractivity contribution in [1.82, 2.24) is 0 Å². The molecule has 0 saturated heterocycles. The molecule has 0 radical (unpaired) electrons. The zero-order valence-corrected chi connectivity index (χ0v) is 6.81. The van der Waals surface area contributed by atoms with E-state index in [9.17, 15) is 12.9 Å². The van der Waals surface area contributed by atoms with Gasteiger partial charge in [0.25, 0.3) is 6.47 Å². The third kappa shape index (κ3) is 11.7. The summed E-state index contributed by atoms with van der Waals surface area (Å²) in [4.78, 5) is 9.14. The van der Waals surface area contributed by atoms with Crippen LogP contribution in [0, 0.1) is 0 Å². The van der Waals surface area contributed by atoms with E-state index in [0.29, 0.717) is 0 Å². The van der Waals surface area contributed by atoms with E-state index in [1.54, 1.807) is 0 Å². The Balaban J connectivity index is 0. The fraction of sp³-hybridized carbons (Fsp3) is 0.500. The van der Waals surface area contributed by atoms with E-state index in [1.807, 2.05) is 0 Å². The van der Waals surface area contributed by atoms with Gasteiger partial charge in [0, 0.05) is 0 Å². The van der Waals surface area contributed by atoms with E-state index < -0.39 is 13.5 Å². The molecule has 0 unspecified atom stereocenters. The number of hydrogen-bond acceptors (Lipinski definition) is 2. The molecule has 0 aliphatic rings. The normalized spacial score (nSPS) is 9.67. The maximum Gasteiger partial charge on any atom is 1.00 e. The second-order valence-electron chi connectivity index (χ2n) is 1.14. The minimum absolute atomic E-state index is 0. The van der Waals surface area contributed by atoms with Crippen LogP contribution in [-0.4, -0.2) is 20.0 Å². The SMILES string of the molecule is O=COC[B-](F)(F)F.[Na+]. The Morgan fingerprint density at radius 3 is 2.00 bits per heavy atom. The predicted molar refractivity (Wildman–Crippen MR) is 21.1 cm³/mol. The summed E-state index contributed by atoms with van der Waals surface area (Å²) in [7, 11) is 0. The van der Waals surface area contributed by atoms with Crippen LogP contribution in [0.15, 0.2) is 0 Å². The number of rotatable bonds is 3. The second kappa shape index (κ2) is 5.14. The van der Waals surface area contributed by atoms with Crippen LogP contribution in [0.1, 0.15) is 0 Å². The zero-order chi connectivity index (χ0) is 6.62. The van der Waals surface area contributed by atoms with Crippen molar-refractivity contribution in [1.29, 1.82) is 0 Å². The van der Waals surface area contributed by atoms with Crippen LogP contribution >= 0.6 is 0 Å². The van der Waals surface area contributed by atoms with Gasteiger partial charge in [0.15, 0.2) is 0 Å². The van der Waals surface area contributed by atoms with Crippen LogP contribution in [0.4, 0.5) is 12.9 Å². The molecular weight excluding hydrogens is 147 g/mol. The first-order chi connectivity index (χ1) is 3.56. The summed E-state index contributed by atoms with van der Waals surface area (Å²) in [5.41, 5.74) is 0. The third-order valence-corrected chi connectivity index (χ3v) is 0.353. The number of carbonyl (C=O) groups is 1. The topological polar surface area (TPSA) is 26.3 Å². The van der Waals surface area contributed by atoms with Crippen LogP contribution in [0.5, 0.6) is 0 Å². The molecule has 0 N–H and O–H groups in total. The molecule has 0 atom stereocenters. The van der Waals surface area contributed by atoms with Gasteiger partial charge in [0.1, 0.15) is 0 Å². The van der Waals surface area contributed by atoms with Crippen molar-refractivity contribution in [3.63, 3.8) is 0 Å². The fourth-order valence-electron chi connectivity index (χ4n) is 0.148. The van der Waals surface area contributed by atoms with Gasteiger partial charge in [-0.25, -0.2) is 0 Å². The van der Waals surface area contributed by atoms with Gasteiger partial charge in [-0.2, -0.15) is 0 Å². The van der Waals surface area contributed by atoms with Gasteiger partial charge in [-0.3, -0.25) is 4.79 Å². The third-order valence-electron chi connectivity index (χ3n) is 0.353. The van der Waals surface area contributed by atoms with Gasteiger partial charge in [-0.05, 0) is 0 Å².